The molecule has 1 rings (SSSR count). The van der Waals surface area contributed by atoms with Crippen LogP contribution in [0.5, 0.6) is 0 Å². The highest BCUT2D eigenvalue weighted by Crippen LogP contribution is 2.08. The van der Waals surface area contributed by atoms with Gasteiger partial charge in [0.2, 0.25) is 5.91 Å². The van der Waals surface area contributed by atoms with E-state index in [0.717, 1.165) is 0 Å². The smallest absolute Gasteiger partial charge is 0.331 e. The van der Waals surface area contributed by atoms with Gasteiger partial charge in [0, 0.05) is 11.1 Å². The fourth-order valence-corrected chi connectivity index (χ4v) is 1.13. The molecule has 1 heterocycles. The highest BCUT2D eigenvalue weighted by Gasteiger charge is 2.16. The van der Waals surface area contributed by atoms with Gasteiger partial charge in [0.25, 0.3) is 0 Å². The van der Waals surface area contributed by atoms with Crippen LogP contribution in [0.2, 0.25) is 0 Å². The molecule has 1 unspecified atom stereocenters. The van der Waals surface area contributed by atoms with Crippen LogP contribution in [0.3, 0.4) is 0 Å². The summed E-state index contributed by atoms with van der Waals surface area (Å²) in [5.74, 6) is -1.03. The molecule has 0 bridgehead atoms. The molecule has 0 aliphatic carbocycles. The summed E-state index contributed by atoms with van der Waals surface area (Å²) in [5, 5.41) is 17.7. The Hall–Kier alpha value is -2.18. The van der Waals surface area contributed by atoms with Crippen LogP contribution in [0.4, 0.5) is 0 Å². The lowest BCUT2D eigenvalue weighted by molar-refractivity contribution is -0.133. The van der Waals surface area contributed by atoms with E-state index in [4.69, 9.17) is 5.11 Å². The number of hydrogen-bond acceptors (Lipinski definition) is 4. The van der Waals surface area contributed by atoms with Crippen LogP contribution in [0, 0.1) is 0 Å². The average Bonchev–Trinajstić information content (AvgIpc) is 2.80. The van der Waals surface area contributed by atoms with Gasteiger partial charge < -0.3 is 10.4 Å². The number of carbonyl (C=O) groups excluding carboxylic acids is 1. The van der Waals surface area contributed by atoms with Crippen molar-refractivity contribution in [2.24, 2.45) is 0 Å². The Bertz CT molecular complexity index is 450. The van der Waals surface area contributed by atoms with E-state index in [1.807, 2.05) is 0 Å². The third-order valence-corrected chi connectivity index (χ3v) is 2.42. The van der Waals surface area contributed by atoms with Gasteiger partial charge in [-0.05, 0) is 20.8 Å². The minimum atomic E-state index is -1.11. The molecule has 1 amide bonds. The number of carboxylic acid groups (broad SMARTS) is 1. The first-order valence-electron chi connectivity index (χ1n) is 5.00. The molecule has 0 spiro atoms. The Labute approximate surface area is 97.9 Å². The number of amides is 1. The van der Waals surface area contributed by atoms with Crippen molar-refractivity contribution in [2.45, 2.75) is 26.8 Å². The molecule has 0 aliphatic rings. The van der Waals surface area contributed by atoms with E-state index in [-0.39, 0.29) is 17.2 Å². The summed E-state index contributed by atoms with van der Waals surface area (Å²) in [4.78, 5) is 26.3. The molecule has 1 aromatic rings. The first-order chi connectivity index (χ1) is 7.93. The Morgan fingerprint density at radius 3 is 2.53 bits per heavy atom. The van der Waals surface area contributed by atoms with Crippen LogP contribution in [0.25, 0.3) is 0 Å². The molecule has 0 aliphatic heterocycles. The molecular weight excluding hydrogens is 224 g/mol. The second kappa shape index (κ2) is 5.24. The van der Waals surface area contributed by atoms with Crippen LogP contribution in [-0.4, -0.2) is 32.2 Å². The number of aliphatic carboxylic acids is 1. The standard InChI is InChI=1S/C10H14N4O3/c1-5(6(2)10(16)17)9(15)13-7(3)8-11-4-12-14-8/h4,7H,1-3H3,(H,13,15)(H,16,17)(H,11,12,14). The fraction of sp³-hybridized carbons (Fsp3) is 0.400. The predicted molar refractivity (Wildman–Crippen MR) is 59.0 cm³/mol. The summed E-state index contributed by atoms with van der Waals surface area (Å²) in [7, 11) is 0. The van der Waals surface area contributed by atoms with Crippen molar-refractivity contribution in [2.75, 3.05) is 0 Å². The molecule has 0 radical (unpaired) electrons. The van der Waals surface area contributed by atoms with Crippen molar-refractivity contribution < 1.29 is 14.7 Å². The van der Waals surface area contributed by atoms with E-state index in [2.05, 4.69) is 20.5 Å². The molecule has 0 saturated heterocycles. The Balaban J connectivity index is 2.74. The summed E-state index contributed by atoms with van der Waals surface area (Å²) >= 11 is 0. The molecule has 17 heavy (non-hydrogen) atoms. The lowest BCUT2D eigenvalue weighted by Gasteiger charge is -2.11. The van der Waals surface area contributed by atoms with Crippen molar-refractivity contribution in [3.63, 3.8) is 0 Å². The SMILES string of the molecule is CC(C(=O)O)=C(C)C(=O)NC(C)c1ncn[nH]1. The number of aromatic nitrogens is 3. The van der Waals surface area contributed by atoms with E-state index in [1.165, 1.54) is 20.2 Å². The molecule has 7 heteroatoms. The first-order valence-corrected chi connectivity index (χ1v) is 5.00. The molecule has 0 aromatic carbocycles. The normalized spacial score (nSPS) is 13.8. The van der Waals surface area contributed by atoms with Crippen LogP contribution >= 0.6 is 0 Å². The first kappa shape index (κ1) is 12.9. The summed E-state index contributed by atoms with van der Waals surface area (Å²) in [6.07, 6.45) is 1.34. The Kier molecular flexibility index (Phi) is 3.97. The van der Waals surface area contributed by atoms with E-state index < -0.39 is 11.9 Å². The van der Waals surface area contributed by atoms with Gasteiger partial charge in [0.1, 0.15) is 12.2 Å². The predicted octanol–water partition coefficient (Wildman–Crippen LogP) is 0.403. The quantitative estimate of drug-likeness (QED) is 0.658. The topological polar surface area (TPSA) is 108 Å². The zero-order chi connectivity index (χ0) is 13.0. The number of H-pyrrole nitrogens is 1. The largest absolute Gasteiger partial charge is 0.478 e. The number of hydrogen-bond donors (Lipinski definition) is 3. The van der Waals surface area contributed by atoms with Crippen LogP contribution < -0.4 is 5.32 Å². The number of aromatic amines is 1. The van der Waals surface area contributed by atoms with Crippen molar-refractivity contribution in [3.8, 4) is 0 Å². The van der Waals surface area contributed by atoms with Crippen LogP contribution in [0.1, 0.15) is 32.6 Å². The van der Waals surface area contributed by atoms with Gasteiger partial charge in [-0.2, -0.15) is 5.10 Å². The number of nitrogens with zero attached hydrogens (tertiary/aromatic N) is 2. The highest BCUT2D eigenvalue weighted by molar-refractivity contribution is 6.01. The maximum Gasteiger partial charge on any atom is 0.331 e. The zero-order valence-electron chi connectivity index (χ0n) is 9.81. The van der Waals surface area contributed by atoms with Crippen molar-refractivity contribution >= 4 is 11.9 Å². The minimum Gasteiger partial charge on any atom is -0.478 e. The molecule has 0 saturated carbocycles. The maximum atomic E-state index is 11.7. The molecule has 92 valence electrons. The monoisotopic (exact) mass is 238 g/mol. The summed E-state index contributed by atoms with van der Waals surface area (Å²) in [6, 6.07) is -0.360. The number of carbonyl (C=O) groups is 2. The van der Waals surface area contributed by atoms with E-state index in [9.17, 15) is 9.59 Å². The van der Waals surface area contributed by atoms with Gasteiger partial charge in [-0.15, -0.1) is 0 Å². The maximum absolute atomic E-state index is 11.7. The van der Waals surface area contributed by atoms with E-state index in [0.29, 0.717) is 5.82 Å². The molecule has 1 aromatic heterocycles. The molecule has 1 atom stereocenters. The molecule has 7 nitrogen and oxygen atoms in total. The molecular formula is C10H14N4O3. The third kappa shape index (κ3) is 3.13. The Morgan fingerprint density at radius 2 is 2.06 bits per heavy atom. The van der Waals surface area contributed by atoms with E-state index in [1.54, 1.807) is 6.92 Å². The van der Waals surface area contributed by atoms with Crippen molar-refractivity contribution in [1.82, 2.24) is 20.5 Å². The fourth-order valence-electron chi connectivity index (χ4n) is 1.13. The summed E-state index contributed by atoms with van der Waals surface area (Å²) in [6.45, 7) is 4.57. The van der Waals surface area contributed by atoms with Gasteiger partial charge in [-0.25, -0.2) is 9.78 Å². The summed E-state index contributed by atoms with van der Waals surface area (Å²) < 4.78 is 0. The third-order valence-electron chi connectivity index (χ3n) is 2.42. The highest BCUT2D eigenvalue weighted by atomic mass is 16.4. The van der Waals surface area contributed by atoms with Gasteiger partial charge in [0.15, 0.2) is 0 Å². The van der Waals surface area contributed by atoms with Gasteiger partial charge in [-0.1, -0.05) is 0 Å². The Morgan fingerprint density at radius 1 is 1.41 bits per heavy atom. The second-order valence-corrected chi connectivity index (χ2v) is 3.62. The van der Waals surface area contributed by atoms with Gasteiger partial charge in [0.05, 0.1) is 6.04 Å². The molecule has 3 N–H and O–H groups in total. The lowest BCUT2D eigenvalue weighted by Crippen LogP contribution is -2.29. The number of carboxylic acids is 1. The van der Waals surface area contributed by atoms with Crippen molar-refractivity contribution in [3.05, 3.63) is 23.3 Å². The van der Waals surface area contributed by atoms with Crippen LogP contribution in [0.15, 0.2) is 17.5 Å². The summed E-state index contributed by atoms with van der Waals surface area (Å²) in [5.41, 5.74) is 0.191. The van der Waals surface area contributed by atoms with E-state index >= 15 is 0 Å². The molecule has 0 fully saturated rings. The average molecular weight is 238 g/mol. The minimum absolute atomic E-state index is 0.0206. The van der Waals surface area contributed by atoms with Gasteiger partial charge in [-0.3, -0.25) is 9.89 Å². The van der Waals surface area contributed by atoms with Crippen LogP contribution in [-0.2, 0) is 9.59 Å². The van der Waals surface area contributed by atoms with Gasteiger partial charge >= 0.3 is 5.97 Å². The zero-order valence-corrected chi connectivity index (χ0v) is 9.81. The van der Waals surface area contributed by atoms with Crippen molar-refractivity contribution in [1.29, 1.82) is 0 Å². The second-order valence-electron chi connectivity index (χ2n) is 3.62. The number of rotatable bonds is 4. The number of nitrogens with one attached hydrogen (secondary N) is 2. The lowest BCUT2D eigenvalue weighted by atomic mass is 10.1.